The van der Waals surface area contributed by atoms with Crippen LogP contribution in [0, 0.1) is 17.2 Å². The molecule has 200 valence electrons. The molecule has 1 N–H and O–H groups in total. The first kappa shape index (κ1) is 28.1. The van der Waals surface area contributed by atoms with Gasteiger partial charge in [0.15, 0.2) is 0 Å². The van der Waals surface area contributed by atoms with Gasteiger partial charge in [-0.05, 0) is 69.2 Å². The van der Waals surface area contributed by atoms with Gasteiger partial charge in [-0.3, -0.25) is 9.69 Å². The number of hydrogen-bond donors (Lipinski definition) is 1. The maximum Gasteiger partial charge on any atom is 0.416 e. The van der Waals surface area contributed by atoms with Gasteiger partial charge in [0.05, 0.1) is 17.2 Å². The zero-order valence-electron chi connectivity index (χ0n) is 20.1. The van der Waals surface area contributed by atoms with E-state index in [0.717, 1.165) is 50.8 Å². The second-order valence-electron chi connectivity index (χ2n) is 9.68. The second-order valence-corrected chi connectivity index (χ2v) is 9.68. The highest BCUT2D eigenvalue weighted by Crippen LogP contribution is 2.38. The van der Waals surface area contributed by atoms with Crippen molar-refractivity contribution >= 4 is 11.6 Å². The first-order valence-electron chi connectivity index (χ1n) is 12.4. The minimum Gasteiger partial charge on any atom is -0.369 e. The maximum atomic E-state index is 13.2. The van der Waals surface area contributed by atoms with Crippen molar-refractivity contribution in [3.8, 4) is 6.07 Å². The Morgan fingerprint density at radius 3 is 2.06 bits per heavy atom. The molecular formula is C25H32F6N4O. The largest absolute Gasteiger partial charge is 0.416 e. The Bertz CT molecular complexity index is 878. The van der Waals surface area contributed by atoms with Crippen LogP contribution < -0.4 is 10.2 Å². The van der Waals surface area contributed by atoms with Crippen LogP contribution in [0.4, 0.5) is 32.0 Å². The van der Waals surface area contributed by atoms with Gasteiger partial charge >= 0.3 is 12.4 Å². The van der Waals surface area contributed by atoms with Gasteiger partial charge in [-0.15, -0.1) is 0 Å². The quantitative estimate of drug-likeness (QED) is 0.359. The van der Waals surface area contributed by atoms with Gasteiger partial charge in [0.1, 0.15) is 0 Å². The molecule has 1 aliphatic heterocycles. The zero-order chi connectivity index (χ0) is 26.3. The normalized spacial score (nSPS) is 21.8. The van der Waals surface area contributed by atoms with E-state index in [1.54, 1.807) is 4.90 Å². The van der Waals surface area contributed by atoms with Crippen LogP contribution in [0.1, 0.15) is 62.5 Å². The lowest BCUT2D eigenvalue weighted by atomic mass is 9.84. The van der Waals surface area contributed by atoms with E-state index in [1.807, 2.05) is 6.07 Å². The molecule has 1 amide bonds. The van der Waals surface area contributed by atoms with E-state index in [0.29, 0.717) is 51.4 Å². The number of alkyl halides is 6. The number of nitrogens with one attached hydrogen (secondary N) is 1. The number of anilines is 1. The standard InChI is InChI=1S/C25H32F6N4O/c26-24(27,28)19-15-20(25(29,30)31)17-22(16-19)35-13-11-34(12-14-35)10-8-18-4-6-21(7-5-18)33-23(36)3-1-2-9-32/h15-18,21H,1-8,10-14H2,(H,33,36). The van der Waals surface area contributed by atoms with Crippen LogP contribution in [0.5, 0.6) is 0 Å². The van der Waals surface area contributed by atoms with Gasteiger partial charge in [0.2, 0.25) is 5.91 Å². The second kappa shape index (κ2) is 12.2. The number of carbonyl (C=O) groups excluding carboxylic acids is 1. The van der Waals surface area contributed by atoms with E-state index >= 15 is 0 Å². The van der Waals surface area contributed by atoms with Crippen molar-refractivity contribution in [2.75, 3.05) is 37.6 Å². The van der Waals surface area contributed by atoms with Crippen LogP contribution in [-0.4, -0.2) is 49.6 Å². The molecule has 2 aliphatic rings. The summed E-state index contributed by atoms with van der Waals surface area (Å²) in [5.74, 6) is 0.530. The summed E-state index contributed by atoms with van der Waals surface area (Å²) < 4.78 is 79.0. The molecule has 2 fully saturated rings. The third-order valence-corrected chi connectivity index (χ3v) is 7.07. The van der Waals surface area contributed by atoms with Gasteiger partial charge in [-0.25, -0.2) is 0 Å². The molecule has 11 heteroatoms. The molecule has 0 unspecified atom stereocenters. The fourth-order valence-corrected chi connectivity index (χ4v) is 4.94. The van der Waals surface area contributed by atoms with Crippen LogP contribution in [0.25, 0.3) is 0 Å². The molecule has 1 aliphatic carbocycles. The fourth-order valence-electron chi connectivity index (χ4n) is 4.94. The van der Waals surface area contributed by atoms with E-state index in [4.69, 9.17) is 5.26 Å². The predicted molar refractivity (Wildman–Crippen MR) is 123 cm³/mol. The lowest BCUT2D eigenvalue weighted by Crippen LogP contribution is -2.47. The highest BCUT2D eigenvalue weighted by molar-refractivity contribution is 5.76. The SMILES string of the molecule is N#CCCCC(=O)NC1CCC(CCN2CCN(c3cc(C(F)(F)F)cc(C(F)(F)F)c3)CC2)CC1. The number of benzene rings is 1. The summed E-state index contributed by atoms with van der Waals surface area (Å²) in [6.45, 7) is 2.71. The molecule has 0 spiro atoms. The summed E-state index contributed by atoms with van der Waals surface area (Å²) in [6, 6.07) is 3.96. The van der Waals surface area contributed by atoms with Crippen molar-refractivity contribution in [1.29, 1.82) is 5.26 Å². The Balaban J connectivity index is 1.43. The van der Waals surface area contributed by atoms with Crippen LogP contribution >= 0.6 is 0 Å². The number of carbonyl (C=O) groups is 1. The van der Waals surface area contributed by atoms with Crippen LogP contribution in [0.2, 0.25) is 0 Å². The van der Waals surface area contributed by atoms with E-state index in [-0.39, 0.29) is 23.7 Å². The predicted octanol–water partition coefficient (Wildman–Crippen LogP) is 5.61. The monoisotopic (exact) mass is 518 g/mol. The van der Waals surface area contributed by atoms with Crippen molar-refractivity contribution < 1.29 is 31.1 Å². The number of nitrogens with zero attached hydrogens (tertiary/aromatic N) is 3. The molecule has 1 aromatic rings. The van der Waals surface area contributed by atoms with Crippen molar-refractivity contribution in [2.24, 2.45) is 5.92 Å². The number of amides is 1. The third kappa shape index (κ3) is 8.29. The summed E-state index contributed by atoms with van der Waals surface area (Å²) in [4.78, 5) is 15.7. The number of unbranched alkanes of at least 4 members (excludes halogenated alkanes) is 1. The third-order valence-electron chi connectivity index (χ3n) is 7.07. The summed E-state index contributed by atoms with van der Waals surface area (Å²) in [6.07, 6.45) is -3.55. The minimum atomic E-state index is -4.85. The van der Waals surface area contributed by atoms with E-state index < -0.39 is 23.5 Å². The Kier molecular flexibility index (Phi) is 9.50. The van der Waals surface area contributed by atoms with Crippen LogP contribution in [0.15, 0.2) is 18.2 Å². The number of nitriles is 1. The minimum absolute atomic E-state index is 0.00491. The molecule has 0 atom stereocenters. The lowest BCUT2D eigenvalue weighted by Gasteiger charge is -2.37. The van der Waals surface area contributed by atoms with E-state index in [2.05, 4.69) is 10.2 Å². The zero-order valence-corrected chi connectivity index (χ0v) is 20.1. The average molecular weight is 519 g/mol. The molecule has 1 heterocycles. The summed E-state index contributed by atoms with van der Waals surface area (Å²) >= 11 is 0. The van der Waals surface area contributed by atoms with Gasteiger partial charge in [0.25, 0.3) is 0 Å². The smallest absolute Gasteiger partial charge is 0.369 e. The number of halogens is 6. The van der Waals surface area contributed by atoms with Gasteiger partial charge in [0, 0.05) is 50.7 Å². The molecule has 1 aromatic carbocycles. The fraction of sp³-hybridized carbons (Fsp3) is 0.680. The molecule has 5 nitrogen and oxygen atoms in total. The first-order chi connectivity index (χ1) is 17.0. The Morgan fingerprint density at radius 2 is 1.53 bits per heavy atom. The topological polar surface area (TPSA) is 59.4 Å². The van der Waals surface area contributed by atoms with Crippen molar-refractivity contribution in [1.82, 2.24) is 10.2 Å². The van der Waals surface area contributed by atoms with E-state index in [1.165, 1.54) is 0 Å². The van der Waals surface area contributed by atoms with Crippen molar-refractivity contribution in [2.45, 2.75) is 69.8 Å². The molecular weight excluding hydrogens is 486 g/mol. The van der Waals surface area contributed by atoms with Gasteiger partial charge in [-0.1, -0.05) is 0 Å². The Morgan fingerprint density at radius 1 is 0.944 bits per heavy atom. The maximum absolute atomic E-state index is 13.2. The Hall–Kier alpha value is -2.48. The molecule has 1 saturated heterocycles. The average Bonchev–Trinajstić information content (AvgIpc) is 2.83. The molecule has 36 heavy (non-hydrogen) atoms. The molecule has 3 rings (SSSR count). The highest BCUT2D eigenvalue weighted by atomic mass is 19.4. The van der Waals surface area contributed by atoms with Crippen molar-refractivity contribution in [3.05, 3.63) is 29.3 Å². The van der Waals surface area contributed by atoms with Gasteiger partial charge in [-0.2, -0.15) is 31.6 Å². The van der Waals surface area contributed by atoms with Crippen LogP contribution in [0.3, 0.4) is 0 Å². The van der Waals surface area contributed by atoms with E-state index in [9.17, 15) is 31.1 Å². The Labute approximate surface area is 207 Å². The summed E-state index contributed by atoms with van der Waals surface area (Å²) in [5, 5.41) is 11.6. The van der Waals surface area contributed by atoms with Gasteiger partial charge < -0.3 is 10.2 Å². The lowest BCUT2D eigenvalue weighted by molar-refractivity contribution is -0.143. The molecule has 0 radical (unpaired) electrons. The summed E-state index contributed by atoms with van der Waals surface area (Å²) in [7, 11) is 0. The number of hydrogen-bond acceptors (Lipinski definition) is 4. The first-order valence-corrected chi connectivity index (χ1v) is 12.4. The molecule has 0 bridgehead atoms. The molecule has 0 aromatic heterocycles. The van der Waals surface area contributed by atoms with Crippen molar-refractivity contribution in [3.63, 3.8) is 0 Å². The van der Waals surface area contributed by atoms with Crippen LogP contribution in [-0.2, 0) is 17.1 Å². The number of piperazine rings is 1. The number of rotatable bonds is 8. The molecule has 1 saturated carbocycles. The highest BCUT2D eigenvalue weighted by Gasteiger charge is 2.37. The summed E-state index contributed by atoms with van der Waals surface area (Å²) in [5.41, 5.74) is -2.63.